The van der Waals surface area contributed by atoms with Gasteiger partial charge in [0.1, 0.15) is 13.2 Å². The van der Waals surface area contributed by atoms with Gasteiger partial charge in [-0.2, -0.15) is 0 Å². The molecule has 0 aliphatic heterocycles. The van der Waals surface area contributed by atoms with E-state index in [9.17, 15) is 14.4 Å². The second-order valence-electron chi connectivity index (χ2n) is 14.9. The van der Waals surface area contributed by atoms with Gasteiger partial charge in [0.15, 0.2) is 6.10 Å². The molecule has 0 rings (SSSR count). The van der Waals surface area contributed by atoms with Gasteiger partial charge in [-0.25, -0.2) is 0 Å². The van der Waals surface area contributed by atoms with Crippen LogP contribution >= 0.6 is 0 Å². The average Bonchev–Trinajstić information content (AvgIpc) is 3.27. The smallest absolute Gasteiger partial charge is 0.310 e. The van der Waals surface area contributed by atoms with Crippen LogP contribution in [0.15, 0.2) is 146 Å². The third-order valence-corrected chi connectivity index (χ3v) is 9.12. The molecule has 0 fully saturated rings. The van der Waals surface area contributed by atoms with Gasteiger partial charge in [0.05, 0.1) is 6.42 Å². The lowest BCUT2D eigenvalue weighted by atomic mass is 10.1. The molecule has 0 aromatic rings. The highest BCUT2D eigenvalue weighted by molar-refractivity contribution is 5.72. The second kappa shape index (κ2) is 49.0. The van der Waals surface area contributed by atoms with Crippen molar-refractivity contribution in [2.24, 2.45) is 0 Å². The third-order valence-electron chi connectivity index (χ3n) is 9.12. The molecule has 0 saturated heterocycles. The van der Waals surface area contributed by atoms with Gasteiger partial charge in [-0.05, 0) is 96.3 Å². The van der Waals surface area contributed by atoms with E-state index in [1.807, 2.05) is 6.08 Å². The van der Waals surface area contributed by atoms with Crippen molar-refractivity contribution in [2.45, 2.75) is 175 Å². The van der Waals surface area contributed by atoms with Crippen LogP contribution in [0.25, 0.3) is 0 Å². The Labute approximate surface area is 378 Å². The molecular weight excluding hydrogens is 769 g/mol. The minimum atomic E-state index is -0.857. The zero-order valence-electron chi connectivity index (χ0n) is 39.1. The van der Waals surface area contributed by atoms with Crippen LogP contribution < -0.4 is 0 Å². The highest BCUT2D eigenvalue weighted by Gasteiger charge is 2.19. The molecule has 1 atom stereocenters. The van der Waals surface area contributed by atoms with Crippen molar-refractivity contribution in [3.63, 3.8) is 0 Å². The summed E-state index contributed by atoms with van der Waals surface area (Å²) in [5, 5.41) is 0. The summed E-state index contributed by atoms with van der Waals surface area (Å²) < 4.78 is 16.5. The Hall–Kier alpha value is -4.71. The summed E-state index contributed by atoms with van der Waals surface area (Å²) in [5.41, 5.74) is 0. The van der Waals surface area contributed by atoms with E-state index in [1.165, 1.54) is 19.3 Å². The lowest BCUT2D eigenvalue weighted by molar-refractivity contribution is -0.166. The van der Waals surface area contributed by atoms with Gasteiger partial charge in [-0.15, -0.1) is 0 Å². The first-order valence-electron chi connectivity index (χ1n) is 23.8. The van der Waals surface area contributed by atoms with E-state index in [0.717, 1.165) is 96.3 Å². The normalized spacial score (nSPS) is 13.4. The Bertz CT molecular complexity index is 1440. The maximum absolute atomic E-state index is 12.6. The summed E-state index contributed by atoms with van der Waals surface area (Å²) >= 11 is 0. The Morgan fingerprint density at radius 1 is 0.355 bits per heavy atom. The molecule has 0 amide bonds. The second-order valence-corrected chi connectivity index (χ2v) is 14.9. The minimum absolute atomic E-state index is 0.0780. The summed E-state index contributed by atoms with van der Waals surface area (Å²) in [6.45, 7) is 6.17. The Kier molecular flexibility index (Phi) is 45.2. The highest BCUT2D eigenvalue weighted by Crippen LogP contribution is 2.09. The standard InChI is InChI=1S/C56H84O6/c1-4-7-10-13-16-18-20-22-24-25-26-27-28-29-30-31-33-34-36-38-40-43-46-49-55(58)61-52-53(51-60-54(57)48-45-42-15-12-9-6-3)62-56(59)50-47-44-41-39-37-35-32-23-21-19-17-14-11-8-5-2/h7-8,10-11,16-19,22-24,26-27,29-30,32-34,37-40,44,47,53H,4-6,9,12-15,20-21,25,28,31,35-36,41-43,45-46,48-52H2,1-3H3/b10-7-,11-8-,18-16-,19-17-,24-22-,27-26-,30-29-,32-23-,34-33-,39-37-,40-38-,47-44-. The van der Waals surface area contributed by atoms with Crippen LogP contribution in [0.5, 0.6) is 0 Å². The van der Waals surface area contributed by atoms with Crippen LogP contribution in [0.1, 0.15) is 168 Å². The summed E-state index contributed by atoms with van der Waals surface area (Å²) in [7, 11) is 0. The van der Waals surface area contributed by atoms with Crippen LogP contribution in [0.2, 0.25) is 0 Å². The predicted molar refractivity (Wildman–Crippen MR) is 265 cm³/mol. The SMILES string of the molecule is CC/C=C\C/C=C\C/C=C\C/C=C\C/C=C\C/C=C\C/C=C\CCCC(=O)OCC(COC(=O)CCCCCCCC)OC(=O)C/C=C\C/C=C\C/C=C\C/C=C\C/C=C\CC. The zero-order chi connectivity index (χ0) is 45.1. The summed E-state index contributed by atoms with van der Waals surface area (Å²) in [6.07, 6.45) is 70.3. The van der Waals surface area contributed by atoms with Gasteiger partial charge in [0, 0.05) is 12.8 Å². The quantitative estimate of drug-likeness (QED) is 0.0264. The molecule has 0 saturated carbocycles. The van der Waals surface area contributed by atoms with Crippen molar-refractivity contribution in [1.82, 2.24) is 0 Å². The van der Waals surface area contributed by atoms with Gasteiger partial charge in [0.25, 0.3) is 0 Å². The number of unbranched alkanes of at least 4 members (excludes halogenated alkanes) is 6. The first kappa shape index (κ1) is 57.3. The Balaban J connectivity index is 4.48. The summed E-state index contributed by atoms with van der Waals surface area (Å²) in [4.78, 5) is 37.6. The van der Waals surface area contributed by atoms with Crippen LogP contribution in [0.3, 0.4) is 0 Å². The van der Waals surface area contributed by atoms with E-state index in [1.54, 1.807) is 6.08 Å². The number of carbonyl (C=O) groups excluding carboxylic acids is 3. The molecule has 0 bridgehead atoms. The van der Waals surface area contributed by atoms with Crippen molar-refractivity contribution in [2.75, 3.05) is 13.2 Å². The molecule has 0 aromatic carbocycles. The molecular formula is C56H84O6. The maximum atomic E-state index is 12.6. The minimum Gasteiger partial charge on any atom is -0.462 e. The van der Waals surface area contributed by atoms with E-state index < -0.39 is 12.1 Å². The molecule has 6 nitrogen and oxygen atoms in total. The number of rotatable bonds is 40. The van der Waals surface area contributed by atoms with Crippen molar-refractivity contribution >= 4 is 17.9 Å². The molecule has 0 heterocycles. The van der Waals surface area contributed by atoms with E-state index in [-0.39, 0.29) is 38.0 Å². The van der Waals surface area contributed by atoms with E-state index in [0.29, 0.717) is 19.3 Å². The van der Waals surface area contributed by atoms with E-state index in [2.05, 4.69) is 154 Å². The monoisotopic (exact) mass is 853 g/mol. The van der Waals surface area contributed by atoms with Gasteiger partial charge >= 0.3 is 17.9 Å². The number of ether oxygens (including phenoxy) is 3. The van der Waals surface area contributed by atoms with Crippen molar-refractivity contribution < 1.29 is 28.6 Å². The van der Waals surface area contributed by atoms with Crippen molar-refractivity contribution in [3.8, 4) is 0 Å². The van der Waals surface area contributed by atoms with Crippen LogP contribution in [0.4, 0.5) is 0 Å². The van der Waals surface area contributed by atoms with Crippen LogP contribution in [-0.2, 0) is 28.6 Å². The van der Waals surface area contributed by atoms with Gasteiger partial charge < -0.3 is 14.2 Å². The molecule has 0 radical (unpaired) electrons. The lowest BCUT2D eigenvalue weighted by Crippen LogP contribution is -2.30. The first-order valence-corrected chi connectivity index (χ1v) is 23.8. The van der Waals surface area contributed by atoms with Crippen molar-refractivity contribution in [1.29, 1.82) is 0 Å². The van der Waals surface area contributed by atoms with Gasteiger partial charge in [0.2, 0.25) is 0 Å². The molecule has 6 heteroatoms. The molecule has 0 aliphatic carbocycles. The largest absolute Gasteiger partial charge is 0.462 e. The van der Waals surface area contributed by atoms with Gasteiger partial charge in [-0.3, -0.25) is 14.4 Å². The Morgan fingerprint density at radius 2 is 0.677 bits per heavy atom. The topological polar surface area (TPSA) is 78.9 Å². The average molecular weight is 853 g/mol. The number of carbonyl (C=O) groups is 3. The first-order chi connectivity index (χ1) is 30.5. The molecule has 0 N–H and O–H groups in total. The van der Waals surface area contributed by atoms with Crippen LogP contribution in [0, 0.1) is 0 Å². The summed E-state index contributed by atoms with van der Waals surface area (Å²) in [6, 6.07) is 0. The van der Waals surface area contributed by atoms with Crippen molar-refractivity contribution in [3.05, 3.63) is 146 Å². The number of hydrogen-bond acceptors (Lipinski definition) is 6. The fraction of sp³-hybridized carbons (Fsp3) is 0.518. The molecule has 0 aliphatic rings. The van der Waals surface area contributed by atoms with Gasteiger partial charge in [-0.1, -0.05) is 199 Å². The predicted octanol–water partition coefficient (Wildman–Crippen LogP) is 15.7. The lowest BCUT2D eigenvalue weighted by Gasteiger charge is -2.18. The number of allylic oxidation sites excluding steroid dienone is 23. The fourth-order valence-corrected chi connectivity index (χ4v) is 5.62. The summed E-state index contributed by atoms with van der Waals surface area (Å²) in [5.74, 6) is -1.16. The molecule has 344 valence electrons. The highest BCUT2D eigenvalue weighted by atomic mass is 16.6. The number of esters is 3. The zero-order valence-corrected chi connectivity index (χ0v) is 39.1. The molecule has 0 spiro atoms. The molecule has 62 heavy (non-hydrogen) atoms. The van der Waals surface area contributed by atoms with E-state index in [4.69, 9.17) is 14.2 Å². The number of hydrogen-bond donors (Lipinski definition) is 0. The Morgan fingerprint density at radius 3 is 1.06 bits per heavy atom. The molecule has 0 aromatic heterocycles. The maximum Gasteiger partial charge on any atom is 0.310 e. The van der Waals surface area contributed by atoms with Crippen LogP contribution in [-0.4, -0.2) is 37.2 Å². The molecule has 1 unspecified atom stereocenters. The fourth-order valence-electron chi connectivity index (χ4n) is 5.62. The van der Waals surface area contributed by atoms with E-state index >= 15 is 0 Å². The third kappa shape index (κ3) is 46.4.